The highest BCUT2D eigenvalue weighted by molar-refractivity contribution is 7.89. The number of guanidine groups is 1. The molecule has 13 heteroatoms. The SMILES string of the molecule is NC1=NC(N)(c2cc(Cl)c(-c3cccc(S(=O)(=O)N4CCCC4)c3)c(C(F)(F)F)c2)NN1. The summed E-state index contributed by atoms with van der Waals surface area (Å²) in [5, 5.41) is -0.266. The molecule has 0 bridgehead atoms. The second-order valence-electron chi connectivity index (χ2n) is 7.53. The quantitative estimate of drug-likeness (QED) is 0.523. The van der Waals surface area contributed by atoms with E-state index >= 15 is 0 Å². The third-order valence-corrected chi connectivity index (χ3v) is 7.53. The van der Waals surface area contributed by atoms with E-state index in [1.807, 2.05) is 0 Å². The zero-order valence-corrected chi connectivity index (χ0v) is 18.2. The molecule has 6 N–H and O–H groups in total. The Labute approximate surface area is 187 Å². The van der Waals surface area contributed by atoms with Gasteiger partial charge >= 0.3 is 6.18 Å². The highest BCUT2D eigenvalue weighted by atomic mass is 35.5. The van der Waals surface area contributed by atoms with Gasteiger partial charge in [0.1, 0.15) is 0 Å². The number of nitrogens with zero attached hydrogens (tertiary/aromatic N) is 2. The standard InChI is InChI=1S/C19H20ClF3N6O2S/c20-15-10-12(19(25)26-17(24)27-28-19)9-14(18(21,22)23)16(15)11-4-3-5-13(8-11)32(30,31)29-6-1-2-7-29/h3-5,8-10,28H,1-2,6-7,25H2,(H3,24,26,27). The number of hydrazine groups is 1. The van der Waals surface area contributed by atoms with Crippen LogP contribution in [0, 0.1) is 0 Å². The molecular formula is C19H20ClF3N6O2S. The molecule has 172 valence electrons. The number of halogens is 4. The van der Waals surface area contributed by atoms with Crippen LogP contribution in [0.2, 0.25) is 5.02 Å². The number of nitrogens with one attached hydrogen (secondary N) is 2. The van der Waals surface area contributed by atoms with Crippen molar-refractivity contribution in [3.63, 3.8) is 0 Å². The van der Waals surface area contributed by atoms with Gasteiger partial charge in [-0.25, -0.2) is 13.4 Å². The molecule has 2 aliphatic rings. The van der Waals surface area contributed by atoms with Crippen LogP contribution in [0.25, 0.3) is 11.1 Å². The van der Waals surface area contributed by atoms with E-state index in [0.717, 1.165) is 18.9 Å². The maximum Gasteiger partial charge on any atom is 0.417 e. The second kappa shape index (κ2) is 7.89. The molecule has 1 unspecified atom stereocenters. The van der Waals surface area contributed by atoms with E-state index < -0.39 is 27.5 Å². The van der Waals surface area contributed by atoms with Crippen LogP contribution in [0.5, 0.6) is 0 Å². The fourth-order valence-electron chi connectivity index (χ4n) is 3.78. The fraction of sp³-hybridized carbons (Fsp3) is 0.316. The monoisotopic (exact) mass is 488 g/mol. The lowest BCUT2D eigenvalue weighted by molar-refractivity contribution is -0.137. The summed E-state index contributed by atoms with van der Waals surface area (Å²) in [6.07, 6.45) is -3.33. The summed E-state index contributed by atoms with van der Waals surface area (Å²) in [4.78, 5) is 3.79. The first kappa shape index (κ1) is 22.8. The average Bonchev–Trinajstić information content (AvgIpc) is 3.38. The van der Waals surface area contributed by atoms with Crippen LogP contribution in [0.4, 0.5) is 13.2 Å². The van der Waals surface area contributed by atoms with E-state index in [0.29, 0.717) is 13.1 Å². The van der Waals surface area contributed by atoms with Crippen molar-refractivity contribution in [1.29, 1.82) is 0 Å². The first-order chi connectivity index (χ1) is 14.9. The zero-order valence-electron chi connectivity index (χ0n) is 16.6. The number of sulfonamides is 1. The van der Waals surface area contributed by atoms with Gasteiger partial charge in [-0.3, -0.25) is 11.2 Å². The Morgan fingerprint density at radius 1 is 1.16 bits per heavy atom. The second-order valence-corrected chi connectivity index (χ2v) is 9.88. The molecule has 0 spiro atoms. The molecule has 4 rings (SSSR count). The molecule has 8 nitrogen and oxygen atoms in total. The lowest BCUT2D eigenvalue weighted by atomic mass is 9.95. The normalized spacial score (nSPS) is 22.1. The van der Waals surface area contributed by atoms with E-state index in [1.165, 1.54) is 34.6 Å². The molecule has 2 heterocycles. The number of rotatable bonds is 4. The number of benzene rings is 2. The van der Waals surface area contributed by atoms with Crippen LogP contribution in [0.15, 0.2) is 46.3 Å². The van der Waals surface area contributed by atoms with Crippen LogP contribution >= 0.6 is 11.6 Å². The third-order valence-electron chi connectivity index (χ3n) is 5.34. The number of hydrogen-bond donors (Lipinski definition) is 4. The molecule has 0 amide bonds. The van der Waals surface area contributed by atoms with E-state index in [1.54, 1.807) is 0 Å². The molecule has 0 aromatic heterocycles. The van der Waals surface area contributed by atoms with Crippen molar-refractivity contribution >= 4 is 27.6 Å². The van der Waals surface area contributed by atoms with Gasteiger partial charge < -0.3 is 5.73 Å². The Kier molecular flexibility index (Phi) is 5.62. The van der Waals surface area contributed by atoms with Crippen molar-refractivity contribution in [3.8, 4) is 11.1 Å². The molecule has 1 saturated heterocycles. The molecule has 1 fully saturated rings. The van der Waals surface area contributed by atoms with E-state index in [-0.39, 0.29) is 32.6 Å². The summed E-state index contributed by atoms with van der Waals surface area (Å²) in [5.41, 5.74) is 15.0. The summed E-state index contributed by atoms with van der Waals surface area (Å²) >= 11 is 6.30. The van der Waals surface area contributed by atoms with Gasteiger partial charge in [0.05, 0.1) is 10.5 Å². The molecule has 0 radical (unpaired) electrons. The zero-order chi connectivity index (χ0) is 23.3. The van der Waals surface area contributed by atoms with Gasteiger partial charge in [0.25, 0.3) is 0 Å². The van der Waals surface area contributed by atoms with Gasteiger partial charge in [-0.1, -0.05) is 23.7 Å². The molecule has 32 heavy (non-hydrogen) atoms. The van der Waals surface area contributed by atoms with Crippen LogP contribution in [-0.2, 0) is 22.0 Å². The average molecular weight is 489 g/mol. The van der Waals surface area contributed by atoms with Crippen molar-refractivity contribution < 1.29 is 21.6 Å². The lowest BCUT2D eigenvalue weighted by Crippen LogP contribution is -2.50. The topological polar surface area (TPSA) is 126 Å². The largest absolute Gasteiger partial charge is 0.417 e. The van der Waals surface area contributed by atoms with Crippen molar-refractivity contribution in [1.82, 2.24) is 15.2 Å². The lowest BCUT2D eigenvalue weighted by Gasteiger charge is -2.24. The van der Waals surface area contributed by atoms with Crippen molar-refractivity contribution in [2.24, 2.45) is 16.5 Å². The Bertz CT molecular complexity index is 1200. The maximum atomic E-state index is 14.0. The molecule has 2 aliphatic heterocycles. The smallest absolute Gasteiger partial charge is 0.369 e. The van der Waals surface area contributed by atoms with E-state index in [4.69, 9.17) is 23.1 Å². The Balaban J connectivity index is 1.86. The molecule has 0 aliphatic carbocycles. The van der Waals surface area contributed by atoms with Gasteiger partial charge in [-0.05, 0) is 42.7 Å². The van der Waals surface area contributed by atoms with E-state index in [2.05, 4.69) is 15.8 Å². The van der Waals surface area contributed by atoms with Crippen molar-refractivity contribution in [2.75, 3.05) is 13.1 Å². The third kappa shape index (κ3) is 4.04. The maximum absolute atomic E-state index is 14.0. The first-order valence-electron chi connectivity index (χ1n) is 9.61. The summed E-state index contributed by atoms with van der Waals surface area (Å²) in [7, 11) is -3.83. The number of aliphatic imine (C=N–C) groups is 1. The number of hydrogen-bond acceptors (Lipinski definition) is 7. The van der Waals surface area contributed by atoms with Gasteiger partial charge in [-0.15, -0.1) is 0 Å². The minimum Gasteiger partial charge on any atom is -0.369 e. The van der Waals surface area contributed by atoms with Gasteiger partial charge in [-0.2, -0.15) is 22.9 Å². The van der Waals surface area contributed by atoms with Crippen molar-refractivity contribution in [2.45, 2.75) is 29.7 Å². The van der Waals surface area contributed by atoms with Crippen LogP contribution in [0.1, 0.15) is 24.0 Å². The summed E-state index contributed by atoms with van der Waals surface area (Å²) in [6, 6.07) is 7.38. The van der Waals surface area contributed by atoms with E-state index in [9.17, 15) is 21.6 Å². The highest BCUT2D eigenvalue weighted by Crippen LogP contribution is 2.43. The Morgan fingerprint density at radius 2 is 1.84 bits per heavy atom. The highest BCUT2D eigenvalue weighted by Gasteiger charge is 2.39. The van der Waals surface area contributed by atoms with Crippen LogP contribution in [-0.4, -0.2) is 31.8 Å². The van der Waals surface area contributed by atoms with Gasteiger partial charge in [0, 0.05) is 29.2 Å². The fourth-order valence-corrected chi connectivity index (χ4v) is 5.67. The summed E-state index contributed by atoms with van der Waals surface area (Å²) in [6.45, 7) is 0.748. The minimum atomic E-state index is -4.81. The Hall–Kier alpha value is -2.38. The molecular weight excluding hydrogens is 469 g/mol. The molecule has 0 saturated carbocycles. The molecule has 2 aromatic carbocycles. The molecule has 1 atom stereocenters. The minimum absolute atomic E-state index is 0.0146. The molecule has 2 aromatic rings. The van der Waals surface area contributed by atoms with Crippen LogP contribution < -0.4 is 22.3 Å². The first-order valence-corrected chi connectivity index (χ1v) is 11.4. The Morgan fingerprint density at radius 3 is 2.44 bits per heavy atom. The predicted octanol–water partition coefficient (Wildman–Crippen LogP) is 2.30. The number of nitrogens with two attached hydrogens (primary N) is 2. The van der Waals surface area contributed by atoms with Gasteiger partial charge in [0.15, 0.2) is 0 Å². The number of alkyl halides is 3. The van der Waals surface area contributed by atoms with Gasteiger partial charge in [0.2, 0.25) is 21.8 Å². The van der Waals surface area contributed by atoms with Crippen molar-refractivity contribution in [3.05, 3.63) is 52.5 Å². The van der Waals surface area contributed by atoms with Crippen LogP contribution in [0.3, 0.4) is 0 Å². The summed E-state index contributed by atoms with van der Waals surface area (Å²) in [5.74, 6) is -1.85. The summed E-state index contributed by atoms with van der Waals surface area (Å²) < 4.78 is 69.2. The predicted molar refractivity (Wildman–Crippen MR) is 114 cm³/mol.